The molecule has 0 aliphatic carbocycles. The van der Waals surface area contributed by atoms with Gasteiger partial charge in [0, 0.05) is 30.0 Å². The zero-order chi connectivity index (χ0) is 15.1. The van der Waals surface area contributed by atoms with Crippen molar-refractivity contribution in [3.8, 4) is 11.4 Å². The number of hydrogen-bond donors (Lipinski definition) is 2. The van der Waals surface area contributed by atoms with Crippen LogP contribution in [-0.2, 0) is 0 Å². The molecule has 0 radical (unpaired) electrons. The molecule has 2 rings (SSSR count). The highest BCUT2D eigenvalue weighted by atomic mass is 32.2. The van der Waals surface area contributed by atoms with Crippen molar-refractivity contribution in [3.05, 3.63) is 36.4 Å². The first-order valence-corrected chi connectivity index (χ1v) is 8.56. The van der Waals surface area contributed by atoms with E-state index in [2.05, 4.69) is 40.7 Å². The van der Waals surface area contributed by atoms with E-state index in [1.165, 1.54) is 0 Å². The molecule has 0 fully saturated rings. The third-order valence-electron chi connectivity index (χ3n) is 2.93. The quantitative estimate of drug-likeness (QED) is 0.816. The average Bonchev–Trinajstić information content (AvgIpc) is 2.48. The largest absolute Gasteiger partial charge is 0.370 e. The van der Waals surface area contributed by atoms with Gasteiger partial charge in [0.15, 0.2) is 5.82 Å². The van der Waals surface area contributed by atoms with Crippen LogP contribution in [0.4, 0.5) is 11.6 Å². The summed E-state index contributed by atoms with van der Waals surface area (Å²) in [5.74, 6) is 3.50. The van der Waals surface area contributed by atoms with Gasteiger partial charge in [-0.15, -0.1) is 0 Å². The van der Waals surface area contributed by atoms with E-state index in [-0.39, 0.29) is 0 Å². The molecule has 1 aromatic carbocycles. The van der Waals surface area contributed by atoms with E-state index in [9.17, 15) is 0 Å². The molecule has 0 saturated heterocycles. The van der Waals surface area contributed by atoms with Gasteiger partial charge in [0.2, 0.25) is 0 Å². The number of rotatable bonds is 7. The molecule has 4 nitrogen and oxygen atoms in total. The van der Waals surface area contributed by atoms with Crippen LogP contribution in [0.15, 0.2) is 36.4 Å². The third kappa shape index (κ3) is 4.63. The highest BCUT2D eigenvalue weighted by Gasteiger charge is 2.08. The van der Waals surface area contributed by atoms with Gasteiger partial charge >= 0.3 is 0 Å². The van der Waals surface area contributed by atoms with E-state index in [1.54, 1.807) is 0 Å². The molecule has 0 bridgehead atoms. The first-order valence-electron chi connectivity index (χ1n) is 7.16. The van der Waals surface area contributed by atoms with Gasteiger partial charge in [0.1, 0.15) is 11.6 Å². The van der Waals surface area contributed by atoms with E-state index < -0.39 is 0 Å². The maximum absolute atomic E-state index is 4.64. The first-order chi connectivity index (χ1) is 10.2. The molecule has 2 N–H and O–H groups in total. The average molecular weight is 302 g/mol. The minimum Gasteiger partial charge on any atom is -0.370 e. The van der Waals surface area contributed by atoms with Crippen LogP contribution in [0.2, 0.25) is 0 Å². The molecule has 0 aliphatic rings. The normalized spacial score (nSPS) is 12.0. The topological polar surface area (TPSA) is 49.8 Å². The van der Waals surface area contributed by atoms with Crippen LogP contribution in [0.3, 0.4) is 0 Å². The van der Waals surface area contributed by atoms with E-state index in [0.29, 0.717) is 6.04 Å². The molecule has 1 unspecified atom stereocenters. The van der Waals surface area contributed by atoms with Crippen molar-refractivity contribution in [3.63, 3.8) is 0 Å². The van der Waals surface area contributed by atoms with Gasteiger partial charge in [-0.3, -0.25) is 0 Å². The Bertz CT molecular complexity index is 559. The van der Waals surface area contributed by atoms with Crippen molar-refractivity contribution in [1.82, 2.24) is 9.97 Å². The second-order valence-electron chi connectivity index (χ2n) is 4.86. The van der Waals surface area contributed by atoms with Crippen LogP contribution in [0, 0.1) is 0 Å². The SMILES string of the molecule is CCNc1cc(NC(C)CSC)nc(-c2ccccc2)n1. The van der Waals surface area contributed by atoms with Gasteiger partial charge < -0.3 is 10.6 Å². The minimum absolute atomic E-state index is 0.369. The zero-order valence-corrected chi connectivity index (χ0v) is 13.6. The zero-order valence-electron chi connectivity index (χ0n) is 12.8. The highest BCUT2D eigenvalue weighted by molar-refractivity contribution is 7.98. The summed E-state index contributed by atoms with van der Waals surface area (Å²) >= 11 is 1.82. The lowest BCUT2D eigenvalue weighted by Gasteiger charge is -2.15. The van der Waals surface area contributed by atoms with E-state index in [4.69, 9.17) is 0 Å². The lowest BCUT2D eigenvalue weighted by Crippen LogP contribution is -2.19. The fourth-order valence-electron chi connectivity index (χ4n) is 2.05. The van der Waals surface area contributed by atoms with Gasteiger partial charge in [-0.05, 0) is 20.1 Å². The van der Waals surface area contributed by atoms with E-state index >= 15 is 0 Å². The molecular formula is C16H22N4S. The Balaban J connectivity index is 2.30. The first kappa shape index (κ1) is 15.6. The molecule has 2 aromatic rings. The minimum atomic E-state index is 0.369. The smallest absolute Gasteiger partial charge is 0.163 e. The maximum Gasteiger partial charge on any atom is 0.163 e. The van der Waals surface area contributed by atoms with Crippen molar-refractivity contribution in [1.29, 1.82) is 0 Å². The fraction of sp³-hybridized carbons (Fsp3) is 0.375. The van der Waals surface area contributed by atoms with Crippen LogP contribution in [0.1, 0.15) is 13.8 Å². The molecule has 1 heterocycles. The molecule has 21 heavy (non-hydrogen) atoms. The summed E-state index contributed by atoms with van der Waals surface area (Å²) in [5.41, 5.74) is 1.03. The monoisotopic (exact) mass is 302 g/mol. The molecule has 5 heteroatoms. The molecule has 0 spiro atoms. The molecule has 1 aromatic heterocycles. The molecule has 0 amide bonds. The number of nitrogens with one attached hydrogen (secondary N) is 2. The van der Waals surface area contributed by atoms with Crippen LogP contribution >= 0.6 is 11.8 Å². The standard InChI is InChI=1S/C16H22N4S/c1-4-17-14-10-15(18-12(2)11-21-3)20-16(19-14)13-8-6-5-7-9-13/h5-10,12H,4,11H2,1-3H3,(H2,17,18,19,20). The summed E-state index contributed by atoms with van der Waals surface area (Å²) in [5, 5.41) is 6.71. The Hall–Kier alpha value is -1.75. The van der Waals surface area contributed by atoms with Crippen molar-refractivity contribution in [2.45, 2.75) is 19.9 Å². The second kappa shape index (κ2) is 7.88. The summed E-state index contributed by atoms with van der Waals surface area (Å²) < 4.78 is 0. The van der Waals surface area contributed by atoms with Crippen molar-refractivity contribution >= 4 is 23.4 Å². The number of nitrogens with zero attached hydrogens (tertiary/aromatic N) is 2. The van der Waals surface area contributed by atoms with Crippen molar-refractivity contribution < 1.29 is 0 Å². The summed E-state index contributed by atoms with van der Waals surface area (Å²) in [6.07, 6.45) is 2.11. The number of aromatic nitrogens is 2. The number of anilines is 2. The Morgan fingerprint density at radius 2 is 1.86 bits per heavy atom. The van der Waals surface area contributed by atoms with Crippen molar-refractivity contribution in [2.75, 3.05) is 29.2 Å². The molecular weight excluding hydrogens is 280 g/mol. The van der Waals surface area contributed by atoms with Crippen molar-refractivity contribution in [2.24, 2.45) is 0 Å². The maximum atomic E-state index is 4.64. The van der Waals surface area contributed by atoms with Crippen LogP contribution in [0.25, 0.3) is 11.4 Å². The predicted molar refractivity (Wildman–Crippen MR) is 93.1 cm³/mol. The van der Waals surface area contributed by atoms with Gasteiger partial charge in [0.05, 0.1) is 0 Å². The van der Waals surface area contributed by atoms with Gasteiger partial charge in [-0.25, -0.2) is 9.97 Å². The number of hydrogen-bond acceptors (Lipinski definition) is 5. The summed E-state index contributed by atoms with van der Waals surface area (Å²) in [6, 6.07) is 12.4. The van der Waals surface area contributed by atoms with E-state index in [1.807, 2.05) is 48.2 Å². The van der Waals surface area contributed by atoms with Gasteiger partial charge in [-0.1, -0.05) is 30.3 Å². The Kier molecular flexibility index (Phi) is 5.87. The summed E-state index contributed by atoms with van der Waals surface area (Å²) in [7, 11) is 0. The van der Waals surface area contributed by atoms with Crippen LogP contribution in [-0.4, -0.2) is 34.6 Å². The Morgan fingerprint density at radius 1 is 1.14 bits per heavy atom. The molecule has 1 atom stereocenters. The number of thioether (sulfide) groups is 1. The lowest BCUT2D eigenvalue weighted by atomic mass is 10.2. The van der Waals surface area contributed by atoms with Crippen LogP contribution in [0.5, 0.6) is 0 Å². The molecule has 0 aliphatic heterocycles. The van der Waals surface area contributed by atoms with Gasteiger partial charge in [-0.2, -0.15) is 11.8 Å². The van der Waals surface area contributed by atoms with Crippen LogP contribution < -0.4 is 10.6 Å². The molecule has 0 saturated carbocycles. The fourth-order valence-corrected chi connectivity index (χ4v) is 2.64. The highest BCUT2D eigenvalue weighted by Crippen LogP contribution is 2.20. The Labute approximate surface area is 130 Å². The summed E-state index contributed by atoms with van der Waals surface area (Å²) in [4.78, 5) is 9.22. The second-order valence-corrected chi connectivity index (χ2v) is 5.77. The van der Waals surface area contributed by atoms with E-state index in [0.717, 1.165) is 35.3 Å². The Morgan fingerprint density at radius 3 is 2.52 bits per heavy atom. The summed E-state index contributed by atoms with van der Waals surface area (Å²) in [6.45, 7) is 5.06. The lowest BCUT2D eigenvalue weighted by molar-refractivity contribution is 0.900. The molecule has 112 valence electrons. The third-order valence-corrected chi connectivity index (χ3v) is 3.76. The number of benzene rings is 1. The van der Waals surface area contributed by atoms with Gasteiger partial charge in [0.25, 0.3) is 0 Å². The predicted octanol–water partition coefficient (Wildman–Crippen LogP) is 3.74.